The number of carbonyl (C=O) groups is 1. The smallest absolute Gasteiger partial charge is 0.230 e. The number of halogens is 1. The molecule has 0 aliphatic rings. The zero-order valence-electron chi connectivity index (χ0n) is 10.7. The number of hydrogen-bond donors (Lipinski definition) is 1. The Balaban J connectivity index is 2.10. The van der Waals surface area contributed by atoms with Crippen LogP contribution in [-0.2, 0) is 21.3 Å². The Labute approximate surface area is 125 Å². The second kappa shape index (κ2) is 6.68. The Morgan fingerprint density at radius 2 is 1.80 bits per heavy atom. The van der Waals surface area contributed by atoms with Crippen LogP contribution in [0.4, 0.5) is 0 Å². The molecule has 0 unspecified atom stereocenters. The maximum Gasteiger partial charge on any atom is 0.230 e. The number of amides is 1. The molecule has 2 aromatic rings. The largest absolute Gasteiger partial charge is 0.369 e. The molecule has 0 saturated heterocycles. The summed E-state index contributed by atoms with van der Waals surface area (Å²) in [5.74, 6) is -0.312. The Hall–Kier alpha value is -1.65. The van der Waals surface area contributed by atoms with Gasteiger partial charge in [0.05, 0.1) is 0 Å². The Kier molecular flexibility index (Phi) is 4.93. The quantitative estimate of drug-likeness (QED) is 0.923. The fraction of sp³-hybridized carbons (Fsp3) is 0.133. The SMILES string of the molecule is NC(=O)C[S@](=O)Cc1ccc(-c2cccc(Cl)c2)cc1. The lowest BCUT2D eigenvalue weighted by molar-refractivity contribution is -0.115. The van der Waals surface area contributed by atoms with Crippen molar-refractivity contribution in [1.29, 1.82) is 0 Å². The van der Waals surface area contributed by atoms with Gasteiger partial charge in [0, 0.05) is 21.6 Å². The highest BCUT2D eigenvalue weighted by atomic mass is 35.5. The second-order valence-electron chi connectivity index (χ2n) is 4.40. The molecule has 3 nitrogen and oxygen atoms in total. The van der Waals surface area contributed by atoms with Crippen LogP contribution in [0, 0.1) is 0 Å². The second-order valence-corrected chi connectivity index (χ2v) is 6.30. The molecule has 0 saturated carbocycles. The Morgan fingerprint density at radius 1 is 1.10 bits per heavy atom. The van der Waals surface area contributed by atoms with Crippen LogP contribution in [0.1, 0.15) is 5.56 Å². The van der Waals surface area contributed by atoms with E-state index in [-0.39, 0.29) is 5.75 Å². The molecular weight excluding hydrogens is 294 g/mol. The summed E-state index contributed by atoms with van der Waals surface area (Å²) in [6, 6.07) is 15.3. The number of carbonyl (C=O) groups excluding carboxylic acids is 1. The van der Waals surface area contributed by atoms with Gasteiger partial charge >= 0.3 is 0 Å². The van der Waals surface area contributed by atoms with Crippen molar-refractivity contribution in [2.24, 2.45) is 5.73 Å². The first-order valence-electron chi connectivity index (χ1n) is 6.03. The summed E-state index contributed by atoms with van der Waals surface area (Å²) in [5, 5.41) is 0.689. The van der Waals surface area contributed by atoms with E-state index in [9.17, 15) is 9.00 Å². The molecule has 0 aliphatic heterocycles. The minimum absolute atomic E-state index is 0.101. The summed E-state index contributed by atoms with van der Waals surface area (Å²) in [5.41, 5.74) is 8.00. The highest BCUT2D eigenvalue weighted by Gasteiger charge is 2.06. The van der Waals surface area contributed by atoms with Crippen molar-refractivity contribution in [1.82, 2.24) is 0 Å². The Morgan fingerprint density at radius 3 is 2.40 bits per heavy atom. The third kappa shape index (κ3) is 4.18. The number of nitrogens with two attached hydrogens (primary N) is 1. The van der Waals surface area contributed by atoms with Gasteiger partial charge in [-0.2, -0.15) is 0 Å². The standard InChI is InChI=1S/C15H14ClNO2S/c16-14-3-1-2-13(8-14)12-6-4-11(5-7-12)9-20(19)10-15(17)18/h1-8H,9-10H2,(H2,17,18)/t20-/m1/s1. The van der Waals surface area contributed by atoms with Gasteiger partial charge in [0.1, 0.15) is 5.75 Å². The molecule has 0 fully saturated rings. The summed E-state index contributed by atoms with van der Waals surface area (Å²) in [6.07, 6.45) is 0. The molecule has 2 aromatic carbocycles. The van der Waals surface area contributed by atoms with Crippen LogP contribution >= 0.6 is 11.6 Å². The molecule has 0 bridgehead atoms. The van der Waals surface area contributed by atoms with Gasteiger partial charge in [0.2, 0.25) is 5.91 Å². The topological polar surface area (TPSA) is 60.2 Å². The molecule has 0 aromatic heterocycles. The highest BCUT2D eigenvalue weighted by molar-refractivity contribution is 7.84. The zero-order valence-corrected chi connectivity index (χ0v) is 12.3. The van der Waals surface area contributed by atoms with Gasteiger partial charge in [-0.05, 0) is 28.8 Å². The monoisotopic (exact) mass is 307 g/mol. The first-order chi connectivity index (χ1) is 9.54. The van der Waals surface area contributed by atoms with E-state index in [1.807, 2.05) is 48.5 Å². The van der Waals surface area contributed by atoms with Crippen LogP contribution in [0.25, 0.3) is 11.1 Å². The number of primary amides is 1. The van der Waals surface area contributed by atoms with E-state index in [1.165, 1.54) is 0 Å². The van der Waals surface area contributed by atoms with Gasteiger partial charge in [-0.3, -0.25) is 9.00 Å². The molecule has 0 spiro atoms. The molecule has 20 heavy (non-hydrogen) atoms. The lowest BCUT2D eigenvalue weighted by Crippen LogP contribution is -2.20. The first-order valence-corrected chi connectivity index (χ1v) is 7.89. The normalized spacial score (nSPS) is 12.1. The zero-order chi connectivity index (χ0) is 14.5. The number of hydrogen-bond acceptors (Lipinski definition) is 2. The summed E-state index contributed by atoms with van der Waals surface area (Å²) in [4.78, 5) is 10.7. The van der Waals surface area contributed by atoms with Gasteiger partial charge in [0.25, 0.3) is 0 Å². The van der Waals surface area contributed by atoms with E-state index >= 15 is 0 Å². The minimum Gasteiger partial charge on any atom is -0.369 e. The fourth-order valence-electron chi connectivity index (χ4n) is 1.86. The van der Waals surface area contributed by atoms with E-state index in [2.05, 4.69) is 0 Å². The van der Waals surface area contributed by atoms with Crippen LogP contribution in [0.3, 0.4) is 0 Å². The summed E-state index contributed by atoms with van der Waals surface area (Å²) in [6.45, 7) is 0. The van der Waals surface area contributed by atoms with E-state index in [4.69, 9.17) is 17.3 Å². The van der Waals surface area contributed by atoms with E-state index in [0.29, 0.717) is 10.8 Å². The first kappa shape index (κ1) is 14.8. The van der Waals surface area contributed by atoms with E-state index in [1.54, 1.807) is 0 Å². The molecule has 104 valence electrons. The van der Waals surface area contributed by atoms with Crippen LogP contribution in [0.5, 0.6) is 0 Å². The molecule has 0 heterocycles. The van der Waals surface area contributed by atoms with Crippen molar-refractivity contribution < 1.29 is 9.00 Å². The lowest BCUT2D eigenvalue weighted by Gasteiger charge is -2.05. The van der Waals surface area contributed by atoms with Crippen LogP contribution in [0.15, 0.2) is 48.5 Å². The highest BCUT2D eigenvalue weighted by Crippen LogP contribution is 2.23. The maximum atomic E-state index is 11.6. The minimum atomic E-state index is -1.25. The Bertz CT molecular complexity index is 641. The molecule has 2 rings (SSSR count). The average Bonchev–Trinajstić information content (AvgIpc) is 2.38. The molecular formula is C15H14ClNO2S. The molecule has 1 atom stereocenters. The maximum absolute atomic E-state index is 11.6. The third-order valence-electron chi connectivity index (χ3n) is 2.74. The van der Waals surface area contributed by atoms with E-state index < -0.39 is 16.7 Å². The summed E-state index contributed by atoms with van der Waals surface area (Å²) < 4.78 is 11.6. The van der Waals surface area contributed by atoms with Gasteiger partial charge in [-0.1, -0.05) is 48.0 Å². The van der Waals surface area contributed by atoms with Crippen molar-refractivity contribution in [3.63, 3.8) is 0 Å². The summed E-state index contributed by atoms with van der Waals surface area (Å²) in [7, 11) is -1.25. The van der Waals surface area contributed by atoms with Crippen molar-refractivity contribution >= 4 is 28.3 Å². The van der Waals surface area contributed by atoms with Crippen LogP contribution in [0.2, 0.25) is 5.02 Å². The molecule has 0 radical (unpaired) electrons. The van der Waals surface area contributed by atoms with Gasteiger partial charge in [0.15, 0.2) is 0 Å². The molecule has 0 aliphatic carbocycles. The number of rotatable bonds is 5. The fourth-order valence-corrected chi connectivity index (χ4v) is 3.03. The van der Waals surface area contributed by atoms with Crippen molar-refractivity contribution in [2.75, 3.05) is 5.75 Å². The van der Waals surface area contributed by atoms with Crippen molar-refractivity contribution in [3.05, 3.63) is 59.1 Å². The van der Waals surface area contributed by atoms with Gasteiger partial charge < -0.3 is 5.73 Å². The van der Waals surface area contributed by atoms with Crippen LogP contribution in [-0.4, -0.2) is 15.9 Å². The van der Waals surface area contributed by atoms with Crippen LogP contribution < -0.4 is 5.73 Å². The van der Waals surface area contributed by atoms with Gasteiger partial charge in [-0.15, -0.1) is 0 Å². The lowest BCUT2D eigenvalue weighted by atomic mass is 10.0. The predicted molar refractivity (Wildman–Crippen MR) is 82.8 cm³/mol. The van der Waals surface area contributed by atoms with Gasteiger partial charge in [-0.25, -0.2) is 0 Å². The number of benzene rings is 2. The van der Waals surface area contributed by atoms with Crippen molar-refractivity contribution in [2.45, 2.75) is 5.75 Å². The van der Waals surface area contributed by atoms with E-state index in [0.717, 1.165) is 16.7 Å². The molecule has 2 N–H and O–H groups in total. The molecule has 1 amide bonds. The molecule has 5 heteroatoms. The summed E-state index contributed by atoms with van der Waals surface area (Å²) >= 11 is 5.96. The van der Waals surface area contributed by atoms with Crippen molar-refractivity contribution in [3.8, 4) is 11.1 Å². The third-order valence-corrected chi connectivity index (χ3v) is 4.24. The predicted octanol–water partition coefficient (Wildman–Crippen LogP) is 2.74. The average molecular weight is 308 g/mol.